The van der Waals surface area contributed by atoms with Crippen molar-refractivity contribution in [3.63, 3.8) is 0 Å². The number of aliphatic hydroxyl groups excluding tert-OH is 1. The molecular formula is C28H30ClFN8O2. The van der Waals surface area contributed by atoms with Crippen LogP contribution in [-0.4, -0.2) is 72.3 Å². The quantitative estimate of drug-likeness (QED) is 0.280. The van der Waals surface area contributed by atoms with Crippen LogP contribution >= 0.6 is 11.6 Å². The molecule has 6 heterocycles. The maximum atomic E-state index is 13.2. The van der Waals surface area contributed by atoms with E-state index in [0.717, 1.165) is 60.0 Å². The van der Waals surface area contributed by atoms with Crippen LogP contribution in [0.15, 0.2) is 36.8 Å². The highest BCUT2D eigenvalue weighted by Crippen LogP contribution is 2.32. The van der Waals surface area contributed by atoms with Crippen LogP contribution in [-0.2, 0) is 24.3 Å². The molecule has 1 fully saturated rings. The molecule has 4 aromatic rings. The van der Waals surface area contributed by atoms with E-state index in [4.69, 9.17) is 22.0 Å². The zero-order valence-electron chi connectivity index (χ0n) is 22.3. The summed E-state index contributed by atoms with van der Waals surface area (Å²) in [5.41, 5.74) is 6.52. The minimum atomic E-state index is -0.807. The van der Waals surface area contributed by atoms with Crippen molar-refractivity contribution in [1.29, 1.82) is 5.26 Å². The van der Waals surface area contributed by atoms with Crippen molar-refractivity contribution in [2.75, 3.05) is 26.7 Å². The summed E-state index contributed by atoms with van der Waals surface area (Å²) in [5, 5.41) is 28.6. The van der Waals surface area contributed by atoms with Gasteiger partial charge in [-0.15, -0.1) is 0 Å². The number of aliphatic hydroxyl groups is 1. The molecule has 6 rings (SSSR count). The second-order valence-corrected chi connectivity index (χ2v) is 10.7. The molecule has 0 aromatic carbocycles. The van der Waals surface area contributed by atoms with Gasteiger partial charge in [-0.3, -0.25) is 14.6 Å². The molecule has 12 heteroatoms. The van der Waals surface area contributed by atoms with Crippen molar-refractivity contribution in [3.8, 4) is 17.5 Å². The van der Waals surface area contributed by atoms with Crippen LogP contribution in [0.2, 0.25) is 5.02 Å². The van der Waals surface area contributed by atoms with Crippen LogP contribution in [0.1, 0.15) is 35.0 Å². The van der Waals surface area contributed by atoms with Crippen LogP contribution in [0.4, 0.5) is 4.39 Å². The highest BCUT2D eigenvalue weighted by molar-refractivity contribution is 6.34. The predicted molar refractivity (Wildman–Crippen MR) is 147 cm³/mol. The van der Waals surface area contributed by atoms with Gasteiger partial charge in [0.1, 0.15) is 12.1 Å². The molecule has 0 amide bonds. The minimum Gasteiger partial charge on any atom is -0.387 e. The number of nitrogens with zero attached hydrogens (tertiary/aromatic N) is 8. The molecule has 0 saturated carbocycles. The minimum absolute atomic E-state index is 0.120. The first kappa shape index (κ1) is 27.7. The zero-order valence-corrected chi connectivity index (χ0v) is 23.1. The summed E-state index contributed by atoms with van der Waals surface area (Å²) in [4.78, 5) is 17.8. The average molecular weight is 565 g/mol. The van der Waals surface area contributed by atoms with E-state index < -0.39 is 11.9 Å². The van der Waals surface area contributed by atoms with E-state index in [1.165, 1.54) is 17.8 Å². The fraction of sp³-hybridized carbons (Fsp3) is 0.393. The fourth-order valence-corrected chi connectivity index (χ4v) is 5.29. The number of nitriles is 1. The number of hydrogen-bond acceptors (Lipinski definition) is 8. The number of aldehydes is 1. The van der Waals surface area contributed by atoms with Crippen LogP contribution in [0, 0.1) is 30.1 Å². The number of hydrogen-bond donors (Lipinski definition) is 1. The van der Waals surface area contributed by atoms with Crippen molar-refractivity contribution in [2.45, 2.75) is 39.0 Å². The van der Waals surface area contributed by atoms with E-state index in [0.29, 0.717) is 36.6 Å². The maximum Gasteiger partial charge on any atom is 0.179 e. The molecule has 1 unspecified atom stereocenters. The van der Waals surface area contributed by atoms with Crippen molar-refractivity contribution in [3.05, 3.63) is 70.1 Å². The number of rotatable bonds is 6. The standard InChI is InChI=1S/C23H24ClFN6O.C5H6N2O/c1-14-20-13-29(2)7-8-30(20)28-22(14)16-9-15(23-18(24)11-27-31(23)12-16)3-6-21(32)19-5-4-17(25)10-26-19;6-4-7-1-5(2-7)3-8/h4-5,9-12,21,32H,3,6-8,13H2,1-2H3;3,5H,1-2H2. The lowest BCUT2D eigenvalue weighted by Gasteiger charge is -2.30. The lowest BCUT2D eigenvalue weighted by Crippen LogP contribution is -2.43. The van der Waals surface area contributed by atoms with Crippen LogP contribution in [0.5, 0.6) is 0 Å². The highest BCUT2D eigenvalue weighted by Gasteiger charge is 2.24. The average Bonchev–Trinajstić information content (AvgIpc) is 3.47. The Hall–Kier alpha value is -3.85. The lowest BCUT2D eigenvalue weighted by molar-refractivity contribution is -0.114. The summed E-state index contributed by atoms with van der Waals surface area (Å²) < 4.78 is 17.0. The smallest absolute Gasteiger partial charge is 0.179 e. The largest absolute Gasteiger partial charge is 0.387 e. The summed E-state index contributed by atoms with van der Waals surface area (Å²) >= 11 is 6.43. The number of fused-ring (bicyclic) bond motifs is 2. The van der Waals surface area contributed by atoms with Gasteiger partial charge in [-0.1, -0.05) is 11.6 Å². The van der Waals surface area contributed by atoms with E-state index in [-0.39, 0.29) is 5.92 Å². The first-order chi connectivity index (χ1) is 19.3. The first-order valence-corrected chi connectivity index (χ1v) is 13.5. The second-order valence-electron chi connectivity index (χ2n) is 10.3. The SMILES string of the molecule is Cc1c(-c2cc(CCC(O)c3ccc(F)cn3)c3c(Cl)cnn3c2)nn2c1CN(C)CC2.N#CN1CC(C=O)C1. The lowest BCUT2D eigenvalue weighted by atomic mass is 10.0. The van der Waals surface area contributed by atoms with E-state index in [2.05, 4.69) is 39.7 Å². The van der Waals surface area contributed by atoms with Gasteiger partial charge >= 0.3 is 0 Å². The molecule has 1 saturated heterocycles. The molecule has 40 heavy (non-hydrogen) atoms. The molecule has 0 radical (unpaired) electrons. The summed E-state index contributed by atoms with van der Waals surface area (Å²) in [7, 11) is 2.12. The molecule has 1 N–H and O–H groups in total. The number of likely N-dealkylation sites (tertiary alicyclic amines) is 1. The molecule has 0 aliphatic carbocycles. The number of aromatic nitrogens is 5. The van der Waals surface area contributed by atoms with Gasteiger partial charge < -0.3 is 14.8 Å². The number of likely N-dealkylation sites (N-methyl/N-ethyl adjacent to an activating group) is 1. The van der Waals surface area contributed by atoms with Crippen LogP contribution in [0.25, 0.3) is 16.8 Å². The normalized spacial score (nSPS) is 16.1. The summed E-state index contributed by atoms with van der Waals surface area (Å²) in [5.74, 6) is -0.305. The Morgan fingerprint density at radius 3 is 2.80 bits per heavy atom. The van der Waals surface area contributed by atoms with Gasteiger partial charge in [0.05, 0.1) is 58.6 Å². The van der Waals surface area contributed by atoms with E-state index in [1.807, 2.05) is 12.4 Å². The Kier molecular flexibility index (Phi) is 8.12. The Morgan fingerprint density at radius 2 is 2.10 bits per heavy atom. The van der Waals surface area contributed by atoms with Crippen molar-refractivity contribution >= 4 is 23.4 Å². The van der Waals surface area contributed by atoms with Crippen molar-refractivity contribution < 1.29 is 14.3 Å². The van der Waals surface area contributed by atoms with Gasteiger partial charge in [-0.25, -0.2) is 8.91 Å². The predicted octanol–water partition coefficient (Wildman–Crippen LogP) is 3.40. The molecule has 2 aliphatic heterocycles. The van der Waals surface area contributed by atoms with Gasteiger partial charge in [0, 0.05) is 37.9 Å². The number of carbonyl (C=O) groups excluding carboxylic acids is 1. The molecule has 1 atom stereocenters. The Bertz CT molecular complexity index is 1560. The monoisotopic (exact) mass is 564 g/mol. The van der Waals surface area contributed by atoms with Crippen LogP contribution < -0.4 is 0 Å². The fourth-order valence-electron chi connectivity index (χ4n) is 5.04. The number of aryl methyl sites for hydroxylation is 1. The first-order valence-electron chi connectivity index (χ1n) is 13.1. The molecule has 208 valence electrons. The third-order valence-corrected chi connectivity index (χ3v) is 7.65. The third-order valence-electron chi connectivity index (χ3n) is 7.38. The Balaban J connectivity index is 0.000000348. The van der Waals surface area contributed by atoms with Gasteiger partial charge in [-0.05, 0) is 56.1 Å². The zero-order chi connectivity index (χ0) is 28.4. The maximum absolute atomic E-state index is 13.2. The summed E-state index contributed by atoms with van der Waals surface area (Å²) in [6.07, 6.45) is 7.70. The Morgan fingerprint density at radius 1 is 1.30 bits per heavy atom. The van der Waals surface area contributed by atoms with Gasteiger partial charge in [0.15, 0.2) is 6.19 Å². The number of pyridine rings is 2. The van der Waals surface area contributed by atoms with E-state index >= 15 is 0 Å². The summed E-state index contributed by atoms with van der Waals surface area (Å²) in [6, 6.07) is 4.89. The third kappa shape index (κ3) is 5.70. The number of carbonyl (C=O) groups is 1. The topological polar surface area (TPSA) is 116 Å². The molecule has 0 bridgehead atoms. The van der Waals surface area contributed by atoms with Gasteiger partial charge in [0.2, 0.25) is 0 Å². The van der Waals surface area contributed by atoms with E-state index in [1.54, 1.807) is 15.6 Å². The molecule has 10 nitrogen and oxygen atoms in total. The summed E-state index contributed by atoms with van der Waals surface area (Å²) in [6.45, 7) is 6.07. The van der Waals surface area contributed by atoms with Gasteiger partial charge in [-0.2, -0.15) is 15.5 Å². The molecular weight excluding hydrogens is 535 g/mol. The van der Waals surface area contributed by atoms with Crippen LogP contribution in [0.3, 0.4) is 0 Å². The highest BCUT2D eigenvalue weighted by atomic mass is 35.5. The molecule has 4 aromatic heterocycles. The molecule has 2 aliphatic rings. The van der Waals surface area contributed by atoms with Crippen molar-refractivity contribution in [2.24, 2.45) is 5.92 Å². The Labute approximate surface area is 236 Å². The van der Waals surface area contributed by atoms with Crippen molar-refractivity contribution in [1.82, 2.24) is 34.2 Å². The molecule has 0 spiro atoms. The number of halogens is 2. The van der Waals surface area contributed by atoms with Gasteiger partial charge in [0.25, 0.3) is 0 Å². The van der Waals surface area contributed by atoms with E-state index in [9.17, 15) is 14.3 Å². The second kappa shape index (κ2) is 11.7.